The van der Waals surface area contributed by atoms with Crippen molar-refractivity contribution in [2.24, 2.45) is 0 Å². The summed E-state index contributed by atoms with van der Waals surface area (Å²) >= 11 is 0. The summed E-state index contributed by atoms with van der Waals surface area (Å²) in [7, 11) is -3.01. The average Bonchev–Trinajstić information content (AvgIpc) is 3.95. The molecule has 0 unspecified atom stereocenters. The van der Waals surface area contributed by atoms with E-state index in [0.29, 0.717) is 0 Å². The molecular weight excluding hydrogens is 721 g/mol. The van der Waals surface area contributed by atoms with Gasteiger partial charge in [-0.2, -0.15) is 0 Å². The highest BCUT2D eigenvalue weighted by atomic mass is 28.3. The van der Waals surface area contributed by atoms with Crippen molar-refractivity contribution in [3.63, 3.8) is 0 Å². The van der Waals surface area contributed by atoms with Crippen LogP contribution < -0.4 is 20.7 Å². The van der Waals surface area contributed by atoms with Gasteiger partial charge in [0, 0.05) is 43.7 Å². The van der Waals surface area contributed by atoms with Crippen molar-refractivity contribution in [3.05, 3.63) is 218 Å². The standard InChI is InChI=1S/C54H36N2OSi/c1-4-18-39(19-5-1)58(40-20-6-2-7-21-40,41-22-8-3-9-23-41)53-36-38(35-47-45-27-13-17-31-52(45)57-54(47)53)56-50-30-16-12-26-44(50)46-34-37(32-33-51(46)56)55-48-28-14-10-24-42(48)43-25-11-15-29-49(43)55/h1-36H. The maximum atomic E-state index is 7.05. The van der Waals surface area contributed by atoms with Crippen molar-refractivity contribution >= 4 is 94.4 Å². The minimum absolute atomic E-state index is 0.894. The summed E-state index contributed by atoms with van der Waals surface area (Å²) in [4.78, 5) is 0. The van der Waals surface area contributed by atoms with Crippen LogP contribution in [0, 0.1) is 0 Å². The van der Waals surface area contributed by atoms with Gasteiger partial charge in [-0.3, -0.25) is 0 Å². The van der Waals surface area contributed by atoms with Crippen LogP contribution in [0.4, 0.5) is 0 Å². The molecule has 0 atom stereocenters. The molecule has 58 heavy (non-hydrogen) atoms. The Balaban J connectivity index is 1.21. The van der Waals surface area contributed by atoms with Crippen molar-refractivity contribution in [2.75, 3.05) is 0 Å². The molecule has 12 aromatic rings. The number of rotatable bonds is 6. The van der Waals surface area contributed by atoms with Crippen LogP contribution in [0.15, 0.2) is 223 Å². The number of hydrogen-bond donors (Lipinski definition) is 0. The summed E-state index contributed by atoms with van der Waals surface area (Å²) in [6.07, 6.45) is 0. The largest absolute Gasteiger partial charge is 0.456 e. The minimum Gasteiger partial charge on any atom is -0.456 e. The molecule has 0 saturated heterocycles. The lowest BCUT2D eigenvalue weighted by Gasteiger charge is -2.34. The predicted octanol–water partition coefficient (Wildman–Crippen LogP) is 11.2. The van der Waals surface area contributed by atoms with Crippen molar-refractivity contribution in [3.8, 4) is 11.4 Å². The first-order valence-electron chi connectivity index (χ1n) is 19.9. The number of aromatic nitrogens is 2. The van der Waals surface area contributed by atoms with E-state index in [1.54, 1.807) is 0 Å². The van der Waals surface area contributed by atoms with Gasteiger partial charge in [0.2, 0.25) is 0 Å². The third kappa shape index (κ3) is 4.67. The van der Waals surface area contributed by atoms with Crippen LogP contribution in [0.3, 0.4) is 0 Å². The van der Waals surface area contributed by atoms with Gasteiger partial charge in [-0.05, 0) is 75.3 Å². The molecule has 0 bridgehead atoms. The second-order valence-corrected chi connectivity index (χ2v) is 19.0. The number of furan rings is 1. The summed E-state index contributed by atoms with van der Waals surface area (Å²) in [5.41, 5.74) is 8.85. The zero-order valence-electron chi connectivity index (χ0n) is 31.6. The molecule has 272 valence electrons. The van der Waals surface area contributed by atoms with Crippen LogP contribution >= 0.6 is 0 Å². The van der Waals surface area contributed by atoms with E-state index in [4.69, 9.17) is 4.42 Å². The van der Waals surface area contributed by atoms with Crippen molar-refractivity contribution < 1.29 is 4.42 Å². The second kappa shape index (κ2) is 12.8. The van der Waals surface area contributed by atoms with Crippen LogP contribution in [0.25, 0.3) is 76.9 Å². The van der Waals surface area contributed by atoms with Gasteiger partial charge < -0.3 is 13.6 Å². The number of nitrogens with zero attached hydrogens (tertiary/aromatic N) is 2. The molecule has 0 radical (unpaired) electrons. The summed E-state index contributed by atoms with van der Waals surface area (Å²) in [6.45, 7) is 0. The van der Waals surface area contributed by atoms with Gasteiger partial charge in [-0.15, -0.1) is 0 Å². The molecule has 0 N–H and O–H groups in total. The quantitative estimate of drug-likeness (QED) is 0.122. The van der Waals surface area contributed by atoms with Crippen molar-refractivity contribution in [1.29, 1.82) is 0 Å². The number of para-hydroxylation sites is 4. The molecule has 0 spiro atoms. The van der Waals surface area contributed by atoms with Gasteiger partial charge in [-0.25, -0.2) is 0 Å². The second-order valence-electron chi connectivity index (χ2n) is 15.2. The average molecular weight is 757 g/mol. The first-order chi connectivity index (χ1) is 28.8. The van der Waals surface area contributed by atoms with E-state index in [0.717, 1.165) is 38.8 Å². The summed E-state index contributed by atoms with van der Waals surface area (Å²) in [5, 5.41) is 12.4. The van der Waals surface area contributed by atoms with Gasteiger partial charge in [0.1, 0.15) is 11.2 Å². The van der Waals surface area contributed by atoms with Gasteiger partial charge in [-0.1, -0.05) is 164 Å². The van der Waals surface area contributed by atoms with Crippen LogP contribution in [-0.2, 0) is 0 Å². The lowest BCUT2D eigenvalue weighted by Crippen LogP contribution is -2.74. The smallest absolute Gasteiger partial charge is 0.184 e. The Kier molecular flexibility index (Phi) is 7.25. The molecule has 3 nitrogen and oxygen atoms in total. The van der Waals surface area contributed by atoms with Crippen LogP contribution in [0.2, 0.25) is 0 Å². The normalized spacial score (nSPS) is 12.1. The van der Waals surface area contributed by atoms with Crippen LogP contribution in [0.1, 0.15) is 0 Å². The Labute approximate surface area is 336 Å². The maximum Gasteiger partial charge on any atom is 0.184 e. The van der Waals surface area contributed by atoms with E-state index in [2.05, 4.69) is 228 Å². The Morgan fingerprint density at radius 2 is 0.724 bits per heavy atom. The molecule has 3 aromatic heterocycles. The minimum atomic E-state index is -3.01. The Morgan fingerprint density at radius 3 is 1.28 bits per heavy atom. The van der Waals surface area contributed by atoms with E-state index in [9.17, 15) is 0 Å². The Bertz CT molecular complexity index is 3360. The highest BCUT2D eigenvalue weighted by molar-refractivity contribution is 7.20. The van der Waals surface area contributed by atoms with Crippen LogP contribution in [-0.4, -0.2) is 17.2 Å². The highest BCUT2D eigenvalue weighted by Crippen LogP contribution is 2.38. The number of hydrogen-bond acceptors (Lipinski definition) is 1. The zero-order valence-corrected chi connectivity index (χ0v) is 32.6. The van der Waals surface area contributed by atoms with E-state index >= 15 is 0 Å². The summed E-state index contributed by atoms with van der Waals surface area (Å²) < 4.78 is 11.9. The van der Waals surface area contributed by atoms with Gasteiger partial charge in [0.15, 0.2) is 8.07 Å². The summed E-state index contributed by atoms with van der Waals surface area (Å²) in [6, 6.07) is 80.1. The first-order valence-corrected chi connectivity index (χ1v) is 21.9. The molecule has 0 amide bonds. The van der Waals surface area contributed by atoms with E-state index in [1.165, 1.54) is 58.8 Å². The Morgan fingerprint density at radius 1 is 0.310 bits per heavy atom. The van der Waals surface area contributed by atoms with Gasteiger partial charge in [0.25, 0.3) is 0 Å². The van der Waals surface area contributed by atoms with E-state index < -0.39 is 8.07 Å². The molecular formula is C54H36N2OSi. The molecule has 0 fully saturated rings. The monoisotopic (exact) mass is 756 g/mol. The van der Waals surface area contributed by atoms with E-state index in [-0.39, 0.29) is 0 Å². The number of benzene rings is 9. The molecule has 0 saturated carbocycles. The summed E-state index contributed by atoms with van der Waals surface area (Å²) in [5.74, 6) is 0. The fourth-order valence-electron chi connectivity index (χ4n) is 9.83. The third-order valence-corrected chi connectivity index (χ3v) is 17.0. The van der Waals surface area contributed by atoms with Crippen molar-refractivity contribution in [1.82, 2.24) is 9.13 Å². The topological polar surface area (TPSA) is 23.0 Å². The third-order valence-electron chi connectivity index (χ3n) is 12.2. The fourth-order valence-corrected chi connectivity index (χ4v) is 14.7. The molecule has 9 aromatic carbocycles. The van der Waals surface area contributed by atoms with Crippen LogP contribution in [0.5, 0.6) is 0 Å². The fraction of sp³-hybridized carbons (Fsp3) is 0. The van der Waals surface area contributed by atoms with Gasteiger partial charge in [0.05, 0.1) is 22.1 Å². The van der Waals surface area contributed by atoms with Gasteiger partial charge >= 0.3 is 0 Å². The lowest BCUT2D eigenvalue weighted by atomic mass is 10.1. The SMILES string of the molecule is c1ccc([Si](c2ccccc2)(c2ccccc2)c2cc(-n3c4ccccc4c4cc(-n5c6ccccc6c6ccccc65)ccc43)cc3c2oc2ccccc23)cc1. The highest BCUT2D eigenvalue weighted by Gasteiger charge is 2.44. The Hall–Kier alpha value is -7.40. The van der Waals surface area contributed by atoms with Crippen molar-refractivity contribution in [2.45, 2.75) is 0 Å². The number of fused-ring (bicyclic) bond motifs is 9. The molecule has 4 heteroatoms. The zero-order chi connectivity index (χ0) is 38.2. The first kappa shape index (κ1) is 32.8. The molecule has 0 aliphatic rings. The molecule has 0 aliphatic carbocycles. The maximum absolute atomic E-state index is 7.05. The molecule has 0 aliphatic heterocycles. The molecule has 3 heterocycles. The predicted molar refractivity (Wildman–Crippen MR) is 246 cm³/mol. The van der Waals surface area contributed by atoms with E-state index in [1.807, 2.05) is 0 Å². The molecule has 12 rings (SSSR count). The lowest BCUT2D eigenvalue weighted by molar-refractivity contribution is 0.671.